The third kappa shape index (κ3) is 3.31. The molecular formula is C12H8N4O4S. The van der Waals surface area contributed by atoms with E-state index in [0.717, 1.165) is 11.3 Å². The van der Waals surface area contributed by atoms with Crippen LogP contribution in [0.5, 0.6) is 0 Å². The summed E-state index contributed by atoms with van der Waals surface area (Å²) in [6.07, 6.45) is 0. The molecule has 9 heteroatoms. The molecule has 2 rings (SSSR count). The number of thiophene rings is 1. The van der Waals surface area contributed by atoms with Gasteiger partial charge in [-0.2, -0.15) is 5.26 Å². The molecule has 106 valence electrons. The van der Waals surface area contributed by atoms with Gasteiger partial charge in [0.1, 0.15) is 6.07 Å². The van der Waals surface area contributed by atoms with Crippen LogP contribution in [-0.4, -0.2) is 9.85 Å². The van der Waals surface area contributed by atoms with Crippen LogP contribution in [0.3, 0.4) is 0 Å². The molecule has 0 amide bonds. The fourth-order valence-electron chi connectivity index (χ4n) is 1.64. The Hall–Kier alpha value is -2.99. The smallest absolute Gasteiger partial charge is 0.324 e. The highest BCUT2D eigenvalue weighted by Gasteiger charge is 2.12. The Morgan fingerprint density at radius 1 is 1.24 bits per heavy atom. The average Bonchev–Trinajstić information content (AvgIpc) is 2.93. The monoisotopic (exact) mass is 304 g/mol. The topological polar surface area (TPSA) is 122 Å². The highest BCUT2D eigenvalue weighted by atomic mass is 32.1. The van der Waals surface area contributed by atoms with E-state index in [1.54, 1.807) is 5.38 Å². The minimum atomic E-state index is -0.577. The predicted molar refractivity (Wildman–Crippen MR) is 76.1 cm³/mol. The van der Waals surface area contributed by atoms with Crippen LogP contribution < -0.4 is 5.32 Å². The van der Waals surface area contributed by atoms with Crippen molar-refractivity contribution in [3.05, 3.63) is 61.0 Å². The second-order valence-corrected chi connectivity index (χ2v) is 4.89. The second-order valence-electron chi connectivity index (χ2n) is 4.00. The third-order valence-corrected chi connectivity index (χ3v) is 3.57. The molecule has 8 nitrogen and oxygen atoms in total. The second kappa shape index (κ2) is 5.98. The van der Waals surface area contributed by atoms with Gasteiger partial charge in [0.25, 0.3) is 5.69 Å². The van der Waals surface area contributed by atoms with Gasteiger partial charge in [-0.3, -0.25) is 20.2 Å². The lowest BCUT2D eigenvalue weighted by Crippen LogP contribution is -2.01. The van der Waals surface area contributed by atoms with E-state index in [-0.39, 0.29) is 22.8 Å². The van der Waals surface area contributed by atoms with Crippen molar-refractivity contribution < 1.29 is 9.85 Å². The molecule has 0 saturated heterocycles. The Bertz CT molecular complexity index is 750. The first-order valence-electron chi connectivity index (χ1n) is 5.65. The molecule has 0 saturated carbocycles. The number of nitrogens with zero attached hydrogens (tertiary/aromatic N) is 3. The first-order valence-corrected chi connectivity index (χ1v) is 6.53. The molecule has 1 heterocycles. The molecule has 1 aromatic carbocycles. The van der Waals surface area contributed by atoms with Crippen molar-refractivity contribution in [3.8, 4) is 6.07 Å². The van der Waals surface area contributed by atoms with Gasteiger partial charge in [0.15, 0.2) is 0 Å². The van der Waals surface area contributed by atoms with E-state index in [2.05, 4.69) is 5.32 Å². The van der Waals surface area contributed by atoms with E-state index in [4.69, 9.17) is 5.26 Å². The molecule has 0 fully saturated rings. The van der Waals surface area contributed by atoms with Crippen molar-refractivity contribution >= 4 is 27.7 Å². The molecule has 1 aromatic heterocycles. The summed E-state index contributed by atoms with van der Waals surface area (Å²) < 4.78 is 0. The third-order valence-electron chi connectivity index (χ3n) is 2.64. The summed E-state index contributed by atoms with van der Waals surface area (Å²) in [7, 11) is 0. The number of hydrogen-bond acceptors (Lipinski definition) is 7. The van der Waals surface area contributed by atoms with Gasteiger partial charge in [0.2, 0.25) is 0 Å². The van der Waals surface area contributed by atoms with E-state index >= 15 is 0 Å². The predicted octanol–water partition coefficient (Wildman–Crippen LogP) is 3.05. The van der Waals surface area contributed by atoms with Gasteiger partial charge in [-0.25, -0.2) is 0 Å². The largest absolute Gasteiger partial charge is 0.380 e. The molecule has 0 aliphatic carbocycles. The average molecular weight is 304 g/mol. The number of anilines is 1. The first kappa shape index (κ1) is 14.4. The summed E-state index contributed by atoms with van der Waals surface area (Å²) in [5, 5.41) is 34.8. The molecule has 0 radical (unpaired) electrons. The van der Waals surface area contributed by atoms with Gasteiger partial charge >= 0.3 is 5.00 Å². The van der Waals surface area contributed by atoms with Crippen LogP contribution in [0.2, 0.25) is 0 Å². The van der Waals surface area contributed by atoms with E-state index in [9.17, 15) is 20.2 Å². The summed E-state index contributed by atoms with van der Waals surface area (Å²) in [5.41, 5.74) is 1.13. The number of rotatable bonds is 5. The SMILES string of the molecule is N#Cc1cc([N+](=O)[O-])ccc1NCc1csc([N+](=O)[O-])c1. The number of benzene rings is 1. The van der Waals surface area contributed by atoms with Crippen molar-refractivity contribution in [1.29, 1.82) is 5.26 Å². The van der Waals surface area contributed by atoms with Crippen molar-refractivity contribution in [1.82, 2.24) is 0 Å². The Morgan fingerprint density at radius 2 is 2.00 bits per heavy atom. The van der Waals surface area contributed by atoms with Gasteiger partial charge in [-0.1, -0.05) is 11.3 Å². The van der Waals surface area contributed by atoms with E-state index in [1.165, 1.54) is 24.3 Å². The van der Waals surface area contributed by atoms with Gasteiger partial charge in [0, 0.05) is 30.1 Å². The molecule has 0 aliphatic heterocycles. The molecule has 0 bridgehead atoms. The van der Waals surface area contributed by atoms with E-state index in [0.29, 0.717) is 11.3 Å². The first-order chi connectivity index (χ1) is 10.0. The van der Waals surface area contributed by atoms with Crippen LogP contribution >= 0.6 is 11.3 Å². The summed E-state index contributed by atoms with van der Waals surface area (Å²) in [6, 6.07) is 7.23. The number of nitrogens with one attached hydrogen (secondary N) is 1. The normalized spacial score (nSPS) is 9.86. The lowest BCUT2D eigenvalue weighted by atomic mass is 10.1. The Labute approximate surface area is 122 Å². The molecule has 2 aromatic rings. The zero-order chi connectivity index (χ0) is 15.4. The van der Waals surface area contributed by atoms with Crippen LogP contribution in [0.1, 0.15) is 11.1 Å². The number of non-ortho nitro benzene ring substituents is 1. The van der Waals surface area contributed by atoms with Crippen molar-refractivity contribution in [2.24, 2.45) is 0 Å². The van der Waals surface area contributed by atoms with Crippen molar-refractivity contribution in [2.45, 2.75) is 6.54 Å². The summed E-state index contributed by atoms with van der Waals surface area (Å²) in [5.74, 6) is 0. The van der Waals surface area contributed by atoms with Gasteiger partial charge in [0.05, 0.1) is 21.1 Å². The van der Waals surface area contributed by atoms with Crippen LogP contribution in [0.25, 0.3) is 0 Å². The van der Waals surface area contributed by atoms with E-state index in [1.807, 2.05) is 6.07 Å². The number of nitro groups is 2. The molecular weight excluding hydrogens is 296 g/mol. The minimum Gasteiger partial charge on any atom is -0.380 e. The maximum absolute atomic E-state index is 10.6. The number of nitriles is 1. The van der Waals surface area contributed by atoms with E-state index < -0.39 is 9.85 Å². The highest BCUT2D eigenvalue weighted by Crippen LogP contribution is 2.25. The molecule has 21 heavy (non-hydrogen) atoms. The zero-order valence-electron chi connectivity index (χ0n) is 10.5. The quantitative estimate of drug-likeness (QED) is 0.669. The van der Waals surface area contributed by atoms with Crippen LogP contribution in [0.4, 0.5) is 16.4 Å². The molecule has 1 N–H and O–H groups in total. The molecule has 0 atom stereocenters. The fourth-order valence-corrected chi connectivity index (χ4v) is 2.37. The van der Waals surface area contributed by atoms with Crippen LogP contribution in [0, 0.1) is 31.6 Å². The summed E-state index contributed by atoms with van der Waals surface area (Å²) in [6.45, 7) is 0.289. The van der Waals surface area contributed by atoms with Crippen LogP contribution in [0.15, 0.2) is 29.6 Å². The standard InChI is InChI=1S/C12H8N4O4S/c13-5-9-4-10(15(17)18)1-2-11(9)14-6-8-3-12(16(19)20)21-7-8/h1-4,7,14H,6H2. The zero-order valence-corrected chi connectivity index (χ0v) is 11.3. The van der Waals surface area contributed by atoms with Crippen molar-refractivity contribution in [3.63, 3.8) is 0 Å². The Kier molecular flexibility index (Phi) is 4.10. The summed E-state index contributed by atoms with van der Waals surface area (Å²) in [4.78, 5) is 20.2. The Balaban J connectivity index is 2.14. The van der Waals surface area contributed by atoms with Gasteiger partial charge < -0.3 is 5.32 Å². The Morgan fingerprint density at radius 3 is 2.57 bits per heavy atom. The maximum atomic E-state index is 10.6. The maximum Gasteiger partial charge on any atom is 0.324 e. The molecule has 0 aliphatic rings. The highest BCUT2D eigenvalue weighted by molar-refractivity contribution is 7.13. The van der Waals surface area contributed by atoms with Crippen LogP contribution in [-0.2, 0) is 6.54 Å². The van der Waals surface area contributed by atoms with Crippen molar-refractivity contribution in [2.75, 3.05) is 5.32 Å². The number of nitro benzene ring substituents is 1. The lowest BCUT2D eigenvalue weighted by molar-refractivity contribution is -0.384. The summed E-state index contributed by atoms with van der Waals surface area (Å²) >= 11 is 1.02. The number of hydrogen-bond donors (Lipinski definition) is 1. The van der Waals surface area contributed by atoms with Gasteiger partial charge in [-0.05, 0) is 11.6 Å². The lowest BCUT2D eigenvalue weighted by Gasteiger charge is -2.06. The minimum absolute atomic E-state index is 0.0380. The fraction of sp³-hybridized carbons (Fsp3) is 0.0833. The molecule has 0 unspecified atom stereocenters. The van der Waals surface area contributed by atoms with Gasteiger partial charge in [-0.15, -0.1) is 0 Å². The molecule has 0 spiro atoms.